The molecule has 0 saturated heterocycles. The summed E-state index contributed by atoms with van der Waals surface area (Å²) in [6.45, 7) is 0. The Balaban J connectivity index is 3.33. The van der Waals surface area contributed by atoms with Crippen molar-refractivity contribution < 1.29 is 13.2 Å². The topological polar surface area (TPSA) is 58.9 Å². The molecule has 1 aromatic heterocycles. The lowest BCUT2D eigenvalue weighted by molar-refractivity contribution is 0.151. The molecule has 0 aliphatic rings. The number of H-pyrrole nitrogens is 1. The van der Waals surface area contributed by atoms with Crippen LogP contribution in [0.2, 0.25) is 0 Å². The lowest BCUT2D eigenvalue weighted by atomic mass is 10.2. The van der Waals surface area contributed by atoms with Gasteiger partial charge in [0.1, 0.15) is 5.82 Å². The van der Waals surface area contributed by atoms with Gasteiger partial charge in [-0.1, -0.05) is 0 Å². The molecular weight excluding hydrogens is 173 g/mol. The number of pyridine rings is 1. The number of nitrogens with two attached hydrogens (primary N) is 1. The van der Waals surface area contributed by atoms with Crippen LogP contribution in [0.25, 0.3) is 0 Å². The summed E-state index contributed by atoms with van der Waals surface area (Å²) in [6.07, 6.45) is -2.89. The van der Waals surface area contributed by atoms with Crippen LogP contribution in [0.1, 0.15) is 12.0 Å². The molecule has 0 bridgehead atoms. The van der Waals surface area contributed by atoms with Crippen molar-refractivity contribution in [2.45, 2.75) is 6.43 Å². The highest BCUT2D eigenvalue weighted by atomic mass is 19.3. The Bertz CT molecular complexity index is 347. The number of nitrogens with one attached hydrogen (secondary N) is 1. The average molecular weight is 178 g/mol. The first-order valence-electron chi connectivity index (χ1n) is 2.98. The highest BCUT2D eigenvalue weighted by molar-refractivity contribution is 5.39. The fourth-order valence-corrected chi connectivity index (χ4v) is 0.715. The van der Waals surface area contributed by atoms with Crippen molar-refractivity contribution in [2.24, 2.45) is 0 Å². The van der Waals surface area contributed by atoms with Gasteiger partial charge in [0.25, 0.3) is 12.0 Å². The van der Waals surface area contributed by atoms with Crippen LogP contribution in [-0.4, -0.2) is 4.98 Å². The van der Waals surface area contributed by atoms with E-state index in [4.69, 9.17) is 5.73 Å². The van der Waals surface area contributed by atoms with Crippen molar-refractivity contribution in [3.8, 4) is 0 Å². The Morgan fingerprint density at radius 2 is 2.08 bits per heavy atom. The summed E-state index contributed by atoms with van der Waals surface area (Å²) in [5.41, 5.74) is 3.19. The van der Waals surface area contributed by atoms with Gasteiger partial charge in [-0.3, -0.25) is 4.79 Å². The van der Waals surface area contributed by atoms with Crippen LogP contribution in [0, 0.1) is 5.82 Å². The smallest absolute Gasteiger partial charge is 0.285 e. The molecule has 0 aromatic carbocycles. The molecule has 12 heavy (non-hydrogen) atoms. The third kappa shape index (κ3) is 1.41. The fraction of sp³-hybridized carbons (Fsp3) is 0.167. The van der Waals surface area contributed by atoms with E-state index in [1.807, 2.05) is 0 Å². The number of rotatable bonds is 1. The van der Waals surface area contributed by atoms with Gasteiger partial charge in [-0.2, -0.15) is 0 Å². The Kier molecular flexibility index (Phi) is 2.07. The zero-order valence-corrected chi connectivity index (χ0v) is 5.77. The molecule has 0 atom stereocenters. The van der Waals surface area contributed by atoms with E-state index in [9.17, 15) is 18.0 Å². The molecule has 0 saturated carbocycles. The molecule has 0 spiro atoms. The van der Waals surface area contributed by atoms with Gasteiger partial charge < -0.3 is 10.7 Å². The second-order valence-corrected chi connectivity index (χ2v) is 2.12. The van der Waals surface area contributed by atoms with Crippen molar-refractivity contribution in [3.63, 3.8) is 0 Å². The van der Waals surface area contributed by atoms with E-state index in [-0.39, 0.29) is 0 Å². The Morgan fingerprint density at radius 3 is 2.58 bits per heavy atom. The molecule has 0 aliphatic carbocycles. The zero-order valence-electron chi connectivity index (χ0n) is 5.77. The van der Waals surface area contributed by atoms with Gasteiger partial charge in [-0.25, -0.2) is 13.2 Å². The van der Waals surface area contributed by atoms with E-state index in [1.165, 1.54) is 0 Å². The van der Waals surface area contributed by atoms with Gasteiger partial charge in [0, 0.05) is 0 Å². The normalized spacial score (nSPS) is 10.7. The van der Waals surface area contributed by atoms with Crippen LogP contribution in [0.5, 0.6) is 0 Å². The fourth-order valence-electron chi connectivity index (χ4n) is 0.715. The second-order valence-electron chi connectivity index (χ2n) is 2.12. The van der Waals surface area contributed by atoms with Gasteiger partial charge in [0.2, 0.25) is 0 Å². The molecule has 66 valence electrons. The van der Waals surface area contributed by atoms with Crippen LogP contribution in [0.15, 0.2) is 10.9 Å². The van der Waals surface area contributed by atoms with Crippen LogP contribution >= 0.6 is 0 Å². The second kappa shape index (κ2) is 2.88. The highest BCUT2D eigenvalue weighted by Crippen LogP contribution is 2.22. The number of nitrogen functional groups attached to an aromatic ring is 1. The highest BCUT2D eigenvalue weighted by Gasteiger charge is 2.14. The molecule has 3 nitrogen and oxygen atoms in total. The molecule has 3 N–H and O–H groups in total. The first kappa shape index (κ1) is 8.63. The maximum absolute atomic E-state index is 12.4. The Hall–Kier alpha value is -1.46. The quantitative estimate of drug-likeness (QED) is 0.674. The summed E-state index contributed by atoms with van der Waals surface area (Å²) < 4.78 is 36.3. The van der Waals surface area contributed by atoms with Crippen LogP contribution < -0.4 is 11.3 Å². The number of halogens is 3. The number of alkyl halides is 2. The van der Waals surface area contributed by atoms with Gasteiger partial charge >= 0.3 is 0 Å². The van der Waals surface area contributed by atoms with E-state index in [0.29, 0.717) is 6.07 Å². The van der Waals surface area contributed by atoms with Gasteiger partial charge in [-0.15, -0.1) is 0 Å². The lowest BCUT2D eigenvalue weighted by Gasteiger charge is -2.02. The van der Waals surface area contributed by atoms with E-state index in [1.54, 1.807) is 4.98 Å². The van der Waals surface area contributed by atoms with Crippen LogP contribution in [0.3, 0.4) is 0 Å². The summed E-state index contributed by atoms with van der Waals surface area (Å²) in [5.74, 6) is -1.77. The molecule has 0 radical (unpaired) electrons. The monoisotopic (exact) mass is 178 g/mol. The molecule has 6 heteroatoms. The summed E-state index contributed by atoms with van der Waals surface area (Å²) in [7, 11) is 0. The third-order valence-corrected chi connectivity index (χ3v) is 1.29. The van der Waals surface area contributed by atoms with E-state index in [2.05, 4.69) is 0 Å². The number of hydrogen-bond donors (Lipinski definition) is 2. The van der Waals surface area contributed by atoms with Crippen molar-refractivity contribution in [2.75, 3.05) is 5.73 Å². The van der Waals surface area contributed by atoms with Gasteiger partial charge in [0.15, 0.2) is 5.82 Å². The predicted octanol–water partition coefficient (Wildman–Crippen LogP) is 1.03. The standard InChI is InChI=1S/C6H5F3N2O/c7-3-1-2(4(8)9)5(10)11-6(3)12/h1,4H,(H3,10,11,12). The molecule has 1 rings (SSSR count). The lowest BCUT2D eigenvalue weighted by Crippen LogP contribution is -2.14. The number of aromatic nitrogens is 1. The summed E-state index contributed by atoms with van der Waals surface area (Å²) in [5, 5.41) is 0. The van der Waals surface area contributed by atoms with Gasteiger partial charge in [-0.05, 0) is 6.07 Å². The van der Waals surface area contributed by atoms with E-state index in [0.717, 1.165) is 0 Å². The molecule has 0 fully saturated rings. The van der Waals surface area contributed by atoms with Crippen molar-refractivity contribution >= 4 is 5.82 Å². The SMILES string of the molecule is Nc1[nH]c(=O)c(F)cc1C(F)F. The molecule has 0 amide bonds. The van der Waals surface area contributed by atoms with Crippen LogP contribution in [0.4, 0.5) is 19.0 Å². The van der Waals surface area contributed by atoms with Crippen molar-refractivity contribution in [1.82, 2.24) is 4.98 Å². The van der Waals surface area contributed by atoms with E-state index < -0.39 is 29.2 Å². The Labute approximate surface area is 65.0 Å². The van der Waals surface area contributed by atoms with Crippen molar-refractivity contribution in [1.29, 1.82) is 0 Å². The minimum Gasteiger partial charge on any atom is -0.385 e. The molecule has 1 heterocycles. The number of aromatic amines is 1. The zero-order chi connectivity index (χ0) is 9.30. The molecule has 0 aliphatic heterocycles. The average Bonchev–Trinajstić information content (AvgIpc) is 1.96. The third-order valence-electron chi connectivity index (χ3n) is 1.29. The minimum atomic E-state index is -2.89. The molecule has 0 unspecified atom stereocenters. The summed E-state index contributed by atoms with van der Waals surface area (Å²) in [6, 6.07) is 0.429. The summed E-state index contributed by atoms with van der Waals surface area (Å²) in [4.78, 5) is 12.2. The first-order chi connectivity index (χ1) is 5.52. The largest absolute Gasteiger partial charge is 0.385 e. The minimum absolute atomic E-state index is 0.429. The first-order valence-corrected chi connectivity index (χ1v) is 2.98. The predicted molar refractivity (Wildman–Crippen MR) is 36.4 cm³/mol. The van der Waals surface area contributed by atoms with Gasteiger partial charge in [0.05, 0.1) is 5.56 Å². The number of hydrogen-bond acceptors (Lipinski definition) is 2. The maximum Gasteiger partial charge on any atom is 0.285 e. The Morgan fingerprint density at radius 1 is 1.50 bits per heavy atom. The van der Waals surface area contributed by atoms with Crippen LogP contribution in [-0.2, 0) is 0 Å². The van der Waals surface area contributed by atoms with E-state index >= 15 is 0 Å². The van der Waals surface area contributed by atoms with Crippen molar-refractivity contribution in [3.05, 3.63) is 27.8 Å². The number of anilines is 1. The maximum atomic E-state index is 12.4. The molecular formula is C6H5F3N2O. The summed E-state index contributed by atoms with van der Waals surface area (Å²) >= 11 is 0. The molecule has 1 aromatic rings.